The molecule has 0 bridgehead atoms. The second kappa shape index (κ2) is 8.79. The fraction of sp³-hybridized carbons (Fsp3) is 0.381. The monoisotopic (exact) mass is 431 g/mol. The molecule has 4 rings (SSSR count). The Kier molecular flexibility index (Phi) is 6.15. The summed E-state index contributed by atoms with van der Waals surface area (Å²) in [5.74, 6) is 0. The van der Waals surface area contributed by atoms with Gasteiger partial charge >= 0.3 is 0 Å². The molecule has 1 fully saturated rings. The van der Waals surface area contributed by atoms with Crippen molar-refractivity contribution in [1.82, 2.24) is 9.62 Å². The van der Waals surface area contributed by atoms with Crippen molar-refractivity contribution in [3.05, 3.63) is 59.7 Å². The third kappa shape index (κ3) is 4.78. The fourth-order valence-corrected chi connectivity index (χ4v) is 5.34. The Morgan fingerprint density at radius 1 is 1.14 bits per heavy atom. The maximum absolute atomic E-state index is 13.0. The van der Waals surface area contributed by atoms with Crippen molar-refractivity contribution < 1.29 is 13.2 Å². The van der Waals surface area contributed by atoms with Crippen LogP contribution in [0.3, 0.4) is 0 Å². The van der Waals surface area contributed by atoms with Crippen LogP contribution in [0.1, 0.15) is 24.0 Å². The van der Waals surface area contributed by atoms with Crippen molar-refractivity contribution in [2.45, 2.75) is 36.8 Å². The van der Waals surface area contributed by atoms with E-state index in [1.165, 1.54) is 5.56 Å². The molecule has 2 aliphatic heterocycles. The topological polar surface area (TPSA) is 70.7 Å². The summed E-state index contributed by atoms with van der Waals surface area (Å²) in [6.45, 7) is 2.39. The Balaban J connectivity index is 1.37. The quantitative estimate of drug-likeness (QED) is 0.710. The van der Waals surface area contributed by atoms with E-state index in [-0.39, 0.29) is 6.10 Å². The summed E-state index contributed by atoms with van der Waals surface area (Å²) in [6.07, 6.45) is 3.07. The van der Waals surface area contributed by atoms with Gasteiger partial charge in [-0.15, -0.1) is 0 Å². The van der Waals surface area contributed by atoms with Crippen molar-refractivity contribution in [2.24, 2.45) is 0 Å². The molecule has 2 aromatic carbocycles. The normalized spacial score (nSPS) is 19.5. The van der Waals surface area contributed by atoms with E-state index in [0.717, 1.165) is 37.1 Å². The van der Waals surface area contributed by atoms with E-state index in [0.29, 0.717) is 29.6 Å². The van der Waals surface area contributed by atoms with Crippen LogP contribution in [0.5, 0.6) is 0 Å². The van der Waals surface area contributed by atoms with Crippen LogP contribution in [0, 0.1) is 0 Å². The van der Waals surface area contributed by atoms with Crippen LogP contribution in [0.2, 0.25) is 0 Å². The summed E-state index contributed by atoms with van der Waals surface area (Å²) >= 11 is 5.31. The zero-order chi connectivity index (χ0) is 20.3. The molecule has 0 aliphatic carbocycles. The van der Waals surface area contributed by atoms with E-state index in [1.54, 1.807) is 28.6 Å². The third-order valence-corrected chi connectivity index (χ3v) is 7.47. The molecule has 1 saturated heterocycles. The molecule has 0 spiro atoms. The summed E-state index contributed by atoms with van der Waals surface area (Å²) in [5, 5.41) is 6.74. The molecule has 154 valence electrons. The molecule has 2 N–H and O–H groups in total. The van der Waals surface area contributed by atoms with Crippen molar-refractivity contribution >= 4 is 33.0 Å². The molecule has 0 unspecified atom stereocenters. The largest absolute Gasteiger partial charge is 0.376 e. The van der Waals surface area contributed by atoms with E-state index in [4.69, 9.17) is 17.0 Å². The first kappa shape index (κ1) is 20.3. The maximum Gasteiger partial charge on any atom is 0.243 e. The SMILES string of the molecule is O=S(=O)(c1ccc(NC(=S)NC[C@@H]2CCCO2)cc1)N1CCc2ccccc2C1. The van der Waals surface area contributed by atoms with Crippen LogP contribution < -0.4 is 10.6 Å². The minimum atomic E-state index is -3.53. The molecule has 1 atom stereocenters. The van der Waals surface area contributed by atoms with E-state index >= 15 is 0 Å². The molecule has 29 heavy (non-hydrogen) atoms. The van der Waals surface area contributed by atoms with Crippen molar-refractivity contribution in [3.8, 4) is 0 Å². The van der Waals surface area contributed by atoms with Crippen molar-refractivity contribution in [1.29, 1.82) is 0 Å². The molecule has 0 aromatic heterocycles. The molecular formula is C21H25N3O3S2. The van der Waals surface area contributed by atoms with Gasteiger partial charge in [0.1, 0.15) is 0 Å². The number of sulfonamides is 1. The number of benzene rings is 2. The van der Waals surface area contributed by atoms with Gasteiger partial charge in [-0.1, -0.05) is 24.3 Å². The lowest BCUT2D eigenvalue weighted by Gasteiger charge is -2.28. The van der Waals surface area contributed by atoms with Gasteiger partial charge in [0.25, 0.3) is 0 Å². The Labute approximate surface area is 177 Å². The molecular weight excluding hydrogens is 406 g/mol. The smallest absolute Gasteiger partial charge is 0.243 e. The lowest BCUT2D eigenvalue weighted by molar-refractivity contribution is 0.114. The number of rotatable bonds is 5. The zero-order valence-electron chi connectivity index (χ0n) is 16.1. The predicted molar refractivity (Wildman–Crippen MR) is 117 cm³/mol. The van der Waals surface area contributed by atoms with Gasteiger partial charge in [-0.3, -0.25) is 0 Å². The highest BCUT2D eigenvalue weighted by Gasteiger charge is 2.28. The number of nitrogens with zero attached hydrogens (tertiary/aromatic N) is 1. The fourth-order valence-electron chi connectivity index (χ4n) is 3.72. The van der Waals surface area contributed by atoms with Gasteiger partial charge in [0.2, 0.25) is 10.0 Å². The van der Waals surface area contributed by atoms with Crippen molar-refractivity contribution in [3.63, 3.8) is 0 Å². The highest BCUT2D eigenvalue weighted by atomic mass is 32.2. The average Bonchev–Trinajstić information content (AvgIpc) is 3.26. The van der Waals surface area contributed by atoms with E-state index in [1.807, 2.05) is 18.2 Å². The number of nitrogens with one attached hydrogen (secondary N) is 2. The lowest BCUT2D eigenvalue weighted by Crippen LogP contribution is -2.36. The Morgan fingerprint density at radius 3 is 2.62 bits per heavy atom. The van der Waals surface area contributed by atoms with Crippen molar-refractivity contribution in [2.75, 3.05) is 25.0 Å². The second-order valence-electron chi connectivity index (χ2n) is 7.35. The average molecular weight is 432 g/mol. The van der Waals surface area contributed by atoms with Gasteiger partial charge in [0, 0.05) is 31.9 Å². The molecule has 6 nitrogen and oxygen atoms in total. The molecule has 2 aliphatic rings. The molecule has 2 heterocycles. The first-order chi connectivity index (χ1) is 14.0. The summed E-state index contributed by atoms with van der Waals surface area (Å²) in [7, 11) is -3.53. The Bertz CT molecular complexity index is 971. The van der Waals surface area contributed by atoms with E-state index in [2.05, 4.69) is 16.7 Å². The molecule has 2 aromatic rings. The van der Waals surface area contributed by atoms with Gasteiger partial charge < -0.3 is 15.4 Å². The number of anilines is 1. The first-order valence-corrected chi connectivity index (χ1v) is 11.7. The summed E-state index contributed by atoms with van der Waals surface area (Å²) in [4.78, 5) is 0.292. The van der Waals surface area contributed by atoms with Gasteiger partial charge in [-0.2, -0.15) is 4.31 Å². The van der Waals surface area contributed by atoms with Crippen LogP contribution in [0.4, 0.5) is 5.69 Å². The minimum absolute atomic E-state index is 0.206. The number of hydrogen-bond donors (Lipinski definition) is 2. The summed E-state index contributed by atoms with van der Waals surface area (Å²) in [5.41, 5.74) is 3.04. The lowest BCUT2D eigenvalue weighted by atomic mass is 10.0. The van der Waals surface area contributed by atoms with Crippen LogP contribution >= 0.6 is 12.2 Å². The number of thiocarbonyl (C=S) groups is 1. The first-order valence-electron chi connectivity index (χ1n) is 9.86. The summed E-state index contributed by atoms with van der Waals surface area (Å²) < 4.78 is 33.2. The molecule has 0 radical (unpaired) electrons. The van der Waals surface area contributed by atoms with Gasteiger partial charge in [0.05, 0.1) is 11.0 Å². The molecule has 0 amide bonds. The highest BCUT2D eigenvalue weighted by Crippen LogP contribution is 2.25. The standard InChI is InChI=1S/C21H25N3O3S2/c25-29(26,24-12-11-16-4-1-2-5-17(16)15-24)20-9-7-18(8-10-20)23-21(28)22-14-19-6-3-13-27-19/h1-2,4-5,7-10,19H,3,6,11-15H2,(H2,22,23,28)/t19-/m0/s1. The number of ether oxygens (including phenoxy) is 1. The predicted octanol–water partition coefficient (Wildman–Crippen LogP) is 2.90. The zero-order valence-corrected chi connectivity index (χ0v) is 17.8. The highest BCUT2D eigenvalue weighted by molar-refractivity contribution is 7.89. The Hall–Kier alpha value is -2.00. The maximum atomic E-state index is 13.0. The number of fused-ring (bicyclic) bond motifs is 1. The Morgan fingerprint density at radius 2 is 1.90 bits per heavy atom. The van der Waals surface area contributed by atoms with Crippen LogP contribution in [-0.2, 0) is 27.7 Å². The van der Waals surface area contributed by atoms with Gasteiger partial charge in [-0.25, -0.2) is 8.42 Å². The van der Waals surface area contributed by atoms with Gasteiger partial charge in [0.15, 0.2) is 5.11 Å². The van der Waals surface area contributed by atoms with Crippen LogP contribution in [0.15, 0.2) is 53.4 Å². The third-order valence-electron chi connectivity index (χ3n) is 5.36. The van der Waals surface area contributed by atoms with Crippen LogP contribution in [-0.4, -0.2) is 43.6 Å². The van der Waals surface area contributed by atoms with E-state index < -0.39 is 10.0 Å². The second-order valence-corrected chi connectivity index (χ2v) is 9.70. The van der Waals surface area contributed by atoms with Gasteiger partial charge in [-0.05, 0) is 66.9 Å². The molecule has 8 heteroatoms. The number of hydrogen-bond acceptors (Lipinski definition) is 4. The van der Waals surface area contributed by atoms with E-state index in [9.17, 15) is 8.42 Å². The minimum Gasteiger partial charge on any atom is -0.376 e. The summed E-state index contributed by atoms with van der Waals surface area (Å²) in [6, 6.07) is 14.7. The van der Waals surface area contributed by atoms with Crippen LogP contribution in [0.25, 0.3) is 0 Å². The molecule has 0 saturated carbocycles.